The van der Waals surface area contributed by atoms with Gasteiger partial charge in [0.1, 0.15) is 0 Å². The van der Waals surface area contributed by atoms with Crippen LogP contribution in [0.5, 0.6) is 0 Å². The highest BCUT2D eigenvalue weighted by Crippen LogP contribution is 2.01. The molecule has 2 N–H and O–H groups in total. The Hall–Kier alpha value is -0.830. The second kappa shape index (κ2) is 3.53. The van der Waals surface area contributed by atoms with Gasteiger partial charge in [-0.3, -0.25) is 4.68 Å². The van der Waals surface area contributed by atoms with Crippen LogP contribution in [0.3, 0.4) is 0 Å². The molecular weight excluding hydrogens is 138 g/mol. The van der Waals surface area contributed by atoms with Gasteiger partial charge in [0, 0.05) is 19.3 Å². The second-order valence-corrected chi connectivity index (χ2v) is 3.04. The molecule has 1 aromatic heterocycles. The molecule has 1 atom stereocenters. The largest absolute Gasteiger partial charge is 0.328 e. The lowest BCUT2D eigenvalue weighted by Crippen LogP contribution is -2.15. The molecule has 3 nitrogen and oxygen atoms in total. The van der Waals surface area contributed by atoms with Crippen LogP contribution in [0, 0.1) is 0 Å². The molecule has 11 heavy (non-hydrogen) atoms. The standard InChI is InChI=1S/C8H15N3/c1-7(9)3-4-8-5-10-11(2)6-8/h5-7H,3-4,9H2,1-2H3/t7-/m0/s1. The second-order valence-electron chi connectivity index (χ2n) is 3.04. The first-order valence-electron chi connectivity index (χ1n) is 3.91. The van der Waals surface area contributed by atoms with Crippen molar-refractivity contribution in [2.24, 2.45) is 12.8 Å². The molecule has 0 unspecified atom stereocenters. The van der Waals surface area contributed by atoms with E-state index in [1.807, 2.05) is 31.0 Å². The van der Waals surface area contributed by atoms with Crippen molar-refractivity contribution in [3.05, 3.63) is 18.0 Å². The molecule has 0 saturated heterocycles. The zero-order valence-corrected chi connectivity index (χ0v) is 7.12. The molecule has 1 rings (SSSR count). The van der Waals surface area contributed by atoms with Gasteiger partial charge in [0.05, 0.1) is 6.20 Å². The fraction of sp³-hybridized carbons (Fsp3) is 0.625. The van der Waals surface area contributed by atoms with Crippen LogP contribution in [0.1, 0.15) is 18.9 Å². The third-order valence-electron chi connectivity index (χ3n) is 1.65. The van der Waals surface area contributed by atoms with E-state index in [-0.39, 0.29) is 6.04 Å². The molecule has 1 heterocycles. The van der Waals surface area contributed by atoms with Gasteiger partial charge in [-0.15, -0.1) is 0 Å². The molecule has 0 spiro atoms. The zero-order valence-electron chi connectivity index (χ0n) is 7.12. The summed E-state index contributed by atoms with van der Waals surface area (Å²) in [6, 6.07) is 0.287. The fourth-order valence-electron chi connectivity index (χ4n) is 0.995. The molecule has 0 aromatic carbocycles. The third-order valence-corrected chi connectivity index (χ3v) is 1.65. The number of hydrogen-bond donors (Lipinski definition) is 1. The van der Waals surface area contributed by atoms with Gasteiger partial charge >= 0.3 is 0 Å². The lowest BCUT2D eigenvalue weighted by Gasteiger charge is -2.00. The predicted octanol–water partition coefficient (Wildman–Crippen LogP) is 0.700. The van der Waals surface area contributed by atoms with Gasteiger partial charge in [-0.05, 0) is 25.3 Å². The van der Waals surface area contributed by atoms with Crippen molar-refractivity contribution in [2.75, 3.05) is 0 Å². The molecule has 0 fully saturated rings. The summed E-state index contributed by atoms with van der Waals surface area (Å²) in [6.07, 6.45) is 5.99. The van der Waals surface area contributed by atoms with E-state index >= 15 is 0 Å². The average molecular weight is 153 g/mol. The molecule has 0 aliphatic heterocycles. The quantitative estimate of drug-likeness (QED) is 0.694. The maximum absolute atomic E-state index is 5.62. The maximum atomic E-state index is 5.62. The number of aromatic nitrogens is 2. The van der Waals surface area contributed by atoms with Crippen molar-refractivity contribution in [1.29, 1.82) is 0 Å². The number of aryl methyl sites for hydroxylation is 2. The Labute approximate surface area is 67.2 Å². The van der Waals surface area contributed by atoms with Crippen molar-refractivity contribution < 1.29 is 0 Å². The first kappa shape index (κ1) is 8.27. The minimum absolute atomic E-state index is 0.287. The Kier molecular flexibility index (Phi) is 2.65. The molecular formula is C8H15N3. The Morgan fingerprint density at radius 3 is 2.91 bits per heavy atom. The van der Waals surface area contributed by atoms with E-state index in [9.17, 15) is 0 Å². The summed E-state index contributed by atoms with van der Waals surface area (Å²) in [6.45, 7) is 2.02. The lowest BCUT2D eigenvalue weighted by atomic mass is 10.1. The van der Waals surface area contributed by atoms with E-state index in [4.69, 9.17) is 5.73 Å². The van der Waals surface area contributed by atoms with E-state index in [1.165, 1.54) is 5.56 Å². The van der Waals surface area contributed by atoms with Crippen LogP contribution in [-0.4, -0.2) is 15.8 Å². The van der Waals surface area contributed by atoms with Crippen molar-refractivity contribution in [1.82, 2.24) is 9.78 Å². The van der Waals surface area contributed by atoms with Crippen LogP contribution in [0.25, 0.3) is 0 Å². The van der Waals surface area contributed by atoms with Gasteiger partial charge in [-0.1, -0.05) is 0 Å². The molecule has 0 saturated carbocycles. The fourth-order valence-corrected chi connectivity index (χ4v) is 0.995. The SMILES string of the molecule is C[C@H](N)CCc1cnn(C)c1. The van der Waals surface area contributed by atoms with Gasteiger partial charge in [0.15, 0.2) is 0 Å². The molecule has 62 valence electrons. The highest BCUT2D eigenvalue weighted by molar-refractivity contribution is 5.03. The monoisotopic (exact) mass is 153 g/mol. The highest BCUT2D eigenvalue weighted by Gasteiger charge is 1.97. The van der Waals surface area contributed by atoms with E-state index in [0.29, 0.717) is 0 Å². The molecule has 0 amide bonds. The first-order chi connectivity index (χ1) is 5.18. The van der Waals surface area contributed by atoms with E-state index < -0.39 is 0 Å². The Morgan fingerprint density at radius 1 is 1.73 bits per heavy atom. The summed E-state index contributed by atoms with van der Waals surface area (Å²) in [5.41, 5.74) is 6.89. The van der Waals surface area contributed by atoms with E-state index in [2.05, 4.69) is 5.10 Å². The Morgan fingerprint density at radius 2 is 2.45 bits per heavy atom. The summed E-state index contributed by atoms with van der Waals surface area (Å²) in [4.78, 5) is 0. The summed E-state index contributed by atoms with van der Waals surface area (Å²) < 4.78 is 1.82. The van der Waals surface area contributed by atoms with Gasteiger partial charge in [0.2, 0.25) is 0 Å². The number of nitrogens with two attached hydrogens (primary N) is 1. The van der Waals surface area contributed by atoms with Crippen LogP contribution < -0.4 is 5.73 Å². The molecule has 1 aromatic rings. The highest BCUT2D eigenvalue weighted by atomic mass is 15.2. The normalized spacial score (nSPS) is 13.4. The number of rotatable bonds is 3. The lowest BCUT2D eigenvalue weighted by molar-refractivity contribution is 0.665. The minimum Gasteiger partial charge on any atom is -0.328 e. The van der Waals surface area contributed by atoms with Gasteiger partial charge in [-0.2, -0.15) is 5.10 Å². The van der Waals surface area contributed by atoms with Crippen LogP contribution in [0.2, 0.25) is 0 Å². The number of hydrogen-bond acceptors (Lipinski definition) is 2. The van der Waals surface area contributed by atoms with Crippen molar-refractivity contribution >= 4 is 0 Å². The summed E-state index contributed by atoms with van der Waals surface area (Å²) in [7, 11) is 1.93. The summed E-state index contributed by atoms with van der Waals surface area (Å²) in [5.74, 6) is 0. The topological polar surface area (TPSA) is 43.8 Å². The smallest absolute Gasteiger partial charge is 0.0521 e. The van der Waals surface area contributed by atoms with Crippen LogP contribution in [0.4, 0.5) is 0 Å². The van der Waals surface area contributed by atoms with Crippen LogP contribution >= 0.6 is 0 Å². The minimum atomic E-state index is 0.287. The van der Waals surface area contributed by atoms with E-state index in [0.717, 1.165) is 12.8 Å². The maximum Gasteiger partial charge on any atom is 0.0521 e. The zero-order chi connectivity index (χ0) is 8.27. The van der Waals surface area contributed by atoms with Crippen LogP contribution in [-0.2, 0) is 13.5 Å². The van der Waals surface area contributed by atoms with Crippen molar-refractivity contribution in [3.63, 3.8) is 0 Å². The average Bonchev–Trinajstić information content (AvgIpc) is 2.31. The molecule has 0 bridgehead atoms. The predicted molar refractivity (Wildman–Crippen MR) is 45.2 cm³/mol. The number of nitrogens with zero attached hydrogens (tertiary/aromatic N) is 2. The van der Waals surface area contributed by atoms with E-state index in [1.54, 1.807) is 0 Å². The Bertz CT molecular complexity index is 215. The summed E-state index contributed by atoms with van der Waals surface area (Å²) in [5, 5.41) is 4.07. The van der Waals surface area contributed by atoms with Gasteiger partial charge in [0.25, 0.3) is 0 Å². The van der Waals surface area contributed by atoms with Crippen molar-refractivity contribution in [3.8, 4) is 0 Å². The molecule has 0 aliphatic carbocycles. The molecule has 3 heteroatoms. The van der Waals surface area contributed by atoms with Gasteiger partial charge in [-0.25, -0.2) is 0 Å². The Balaban J connectivity index is 2.39. The van der Waals surface area contributed by atoms with Crippen LogP contribution in [0.15, 0.2) is 12.4 Å². The summed E-state index contributed by atoms with van der Waals surface area (Å²) >= 11 is 0. The first-order valence-corrected chi connectivity index (χ1v) is 3.91. The molecule has 0 aliphatic rings. The van der Waals surface area contributed by atoms with Crippen molar-refractivity contribution in [2.45, 2.75) is 25.8 Å². The molecule has 0 radical (unpaired) electrons. The third kappa shape index (κ3) is 2.72. The van der Waals surface area contributed by atoms with Gasteiger partial charge < -0.3 is 5.73 Å².